The lowest BCUT2D eigenvalue weighted by atomic mass is 10.1. The summed E-state index contributed by atoms with van der Waals surface area (Å²) >= 11 is 0. The van der Waals surface area contributed by atoms with Crippen LogP contribution in [0.5, 0.6) is 0 Å². The highest BCUT2D eigenvalue weighted by atomic mass is 32.2. The fraction of sp³-hybridized carbons (Fsp3) is 0.700. The molecule has 17 heavy (non-hydrogen) atoms. The second-order valence-corrected chi connectivity index (χ2v) is 6.83. The molecule has 0 saturated carbocycles. The molecule has 7 heteroatoms. The first-order valence-corrected chi connectivity index (χ1v) is 7.66. The Bertz CT molecular complexity index is 543. The number of sulfone groups is 1. The molecule has 3 heterocycles. The van der Waals surface area contributed by atoms with Crippen molar-refractivity contribution in [2.24, 2.45) is 0 Å². The van der Waals surface area contributed by atoms with Gasteiger partial charge in [-0.05, 0) is 25.9 Å². The summed E-state index contributed by atoms with van der Waals surface area (Å²) < 4.78 is 24.8. The highest BCUT2D eigenvalue weighted by Gasteiger charge is 2.32. The fourth-order valence-corrected chi connectivity index (χ4v) is 4.12. The van der Waals surface area contributed by atoms with Gasteiger partial charge in [0.15, 0.2) is 9.84 Å². The molecule has 1 saturated heterocycles. The summed E-state index contributed by atoms with van der Waals surface area (Å²) in [6, 6.07) is 0.310. The van der Waals surface area contributed by atoms with Crippen molar-refractivity contribution in [2.75, 3.05) is 18.8 Å². The molecule has 0 aliphatic carbocycles. The maximum Gasteiger partial charge on any atom is 0.160 e. The van der Waals surface area contributed by atoms with Gasteiger partial charge in [-0.3, -0.25) is 0 Å². The van der Waals surface area contributed by atoms with Crippen LogP contribution in [0.4, 0.5) is 5.82 Å². The van der Waals surface area contributed by atoms with Gasteiger partial charge in [0, 0.05) is 5.56 Å². The summed E-state index contributed by atoms with van der Waals surface area (Å²) in [6.07, 6.45) is 2.00. The van der Waals surface area contributed by atoms with Crippen LogP contribution in [0.15, 0.2) is 0 Å². The monoisotopic (exact) mass is 256 g/mol. The third-order valence-corrected chi connectivity index (χ3v) is 4.95. The van der Waals surface area contributed by atoms with E-state index in [0.717, 1.165) is 31.5 Å². The number of fused-ring (bicyclic) bond motifs is 1. The van der Waals surface area contributed by atoms with Crippen LogP contribution in [0.3, 0.4) is 0 Å². The van der Waals surface area contributed by atoms with Crippen LogP contribution >= 0.6 is 0 Å². The lowest BCUT2D eigenvalue weighted by molar-refractivity contribution is 0.345. The molecule has 0 radical (unpaired) electrons. The number of nitrogens with two attached hydrogens (primary N) is 1. The van der Waals surface area contributed by atoms with Gasteiger partial charge < -0.3 is 11.1 Å². The smallest absolute Gasteiger partial charge is 0.160 e. The lowest BCUT2D eigenvalue weighted by Crippen LogP contribution is -2.30. The number of anilines is 1. The molecule has 1 aromatic rings. The van der Waals surface area contributed by atoms with E-state index in [2.05, 4.69) is 10.4 Å². The van der Waals surface area contributed by atoms with Crippen LogP contribution in [0.1, 0.15) is 30.1 Å². The first kappa shape index (κ1) is 11.0. The number of hydrogen-bond acceptors (Lipinski definition) is 5. The molecular weight excluding hydrogens is 240 g/mol. The van der Waals surface area contributed by atoms with Crippen molar-refractivity contribution in [1.29, 1.82) is 0 Å². The minimum Gasteiger partial charge on any atom is -0.384 e. The third-order valence-electron chi connectivity index (χ3n) is 3.51. The van der Waals surface area contributed by atoms with Crippen molar-refractivity contribution >= 4 is 15.7 Å². The predicted molar refractivity (Wildman–Crippen MR) is 64.1 cm³/mol. The Morgan fingerprint density at radius 1 is 1.29 bits per heavy atom. The van der Waals surface area contributed by atoms with Crippen LogP contribution < -0.4 is 11.1 Å². The molecule has 6 nitrogen and oxygen atoms in total. The van der Waals surface area contributed by atoms with Crippen molar-refractivity contribution in [1.82, 2.24) is 15.1 Å². The zero-order chi connectivity index (χ0) is 12.0. The zero-order valence-electron chi connectivity index (χ0n) is 9.52. The summed E-state index contributed by atoms with van der Waals surface area (Å²) in [6.45, 7) is 1.93. The molecule has 0 bridgehead atoms. The lowest BCUT2D eigenvalue weighted by Gasteiger charge is -2.24. The van der Waals surface area contributed by atoms with Crippen LogP contribution in [-0.2, 0) is 21.3 Å². The van der Waals surface area contributed by atoms with E-state index in [1.54, 1.807) is 0 Å². The highest BCUT2D eigenvalue weighted by molar-refractivity contribution is 7.90. The van der Waals surface area contributed by atoms with Gasteiger partial charge in [-0.15, -0.1) is 0 Å². The van der Waals surface area contributed by atoms with Gasteiger partial charge in [-0.25, -0.2) is 13.1 Å². The van der Waals surface area contributed by atoms with E-state index >= 15 is 0 Å². The second-order valence-electron chi connectivity index (χ2n) is 4.77. The van der Waals surface area contributed by atoms with E-state index in [9.17, 15) is 8.42 Å². The highest BCUT2D eigenvalue weighted by Crippen LogP contribution is 2.32. The Morgan fingerprint density at radius 3 is 2.65 bits per heavy atom. The molecule has 1 aromatic heterocycles. The molecule has 0 amide bonds. The Kier molecular flexibility index (Phi) is 2.41. The summed E-state index contributed by atoms with van der Waals surface area (Å²) in [5.41, 5.74) is 7.40. The van der Waals surface area contributed by atoms with E-state index in [-0.39, 0.29) is 11.5 Å². The van der Waals surface area contributed by atoms with E-state index < -0.39 is 9.84 Å². The number of hydrogen-bond donors (Lipinski definition) is 2. The molecule has 2 aliphatic rings. The van der Waals surface area contributed by atoms with E-state index in [1.807, 2.05) is 4.68 Å². The maximum atomic E-state index is 11.5. The molecule has 1 fully saturated rings. The maximum absolute atomic E-state index is 11.5. The quantitative estimate of drug-likeness (QED) is 0.727. The number of nitrogen functional groups attached to an aromatic ring is 1. The summed E-state index contributed by atoms with van der Waals surface area (Å²) in [5.74, 6) is 0.650. The number of aromatic nitrogens is 2. The second kappa shape index (κ2) is 3.71. The van der Waals surface area contributed by atoms with Gasteiger partial charge in [0.1, 0.15) is 5.82 Å². The summed E-state index contributed by atoms with van der Waals surface area (Å²) in [4.78, 5) is 0. The molecule has 0 atom stereocenters. The fourth-order valence-electron chi connectivity index (χ4n) is 2.61. The first-order valence-electron chi connectivity index (χ1n) is 5.84. The summed E-state index contributed by atoms with van der Waals surface area (Å²) in [7, 11) is -3.00. The first-order chi connectivity index (χ1) is 8.07. The van der Waals surface area contributed by atoms with Gasteiger partial charge in [-0.1, -0.05) is 0 Å². The van der Waals surface area contributed by atoms with Gasteiger partial charge in [0.25, 0.3) is 0 Å². The summed E-state index contributed by atoms with van der Waals surface area (Å²) in [5, 5.41) is 7.68. The van der Waals surface area contributed by atoms with Gasteiger partial charge in [0.2, 0.25) is 0 Å². The van der Waals surface area contributed by atoms with Gasteiger partial charge in [-0.2, -0.15) is 5.10 Å². The van der Waals surface area contributed by atoms with Crippen molar-refractivity contribution in [3.05, 3.63) is 11.3 Å². The predicted octanol–water partition coefficient (Wildman–Crippen LogP) is -0.182. The average Bonchev–Trinajstić information content (AvgIpc) is 2.75. The van der Waals surface area contributed by atoms with E-state index in [1.165, 1.54) is 0 Å². The Hall–Kier alpha value is -1.08. The van der Waals surface area contributed by atoms with Gasteiger partial charge >= 0.3 is 0 Å². The number of nitrogens with one attached hydrogen (secondary N) is 1. The topological polar surface area (TPSA) is 90.0 Å². The molecule has 2 aliphatic heterocycles. The number of piperidine rings is 1. The third kappa shape index (κ3) is 1.83. The number of nitrogens with zero attached hydrogens (tertiary/aromatic N) is 2. The minimum absolute atomic E-state index is 0.0461. The average molecular weight is 256 g/mol. The largest absolute Gasteiger partial charge is 0.384 e. The molecular formula is C10H16N4O2S. The zero-order valence-corrected chi connectivity index (χ0v) is 10.3. The Labute approximate surface area is 100 Å². The van der Waals surface area contributed by atoms with Crippen LogP contribution in [0.25, 0.3) is 0 Å². The van der Waals surface area contributed by atoms with Gasteiger partial charge in [0.05, 0.1) is 23.2 Å². The Balaban J connectivity index is 1.94. The standard InChI is InChI=1S/C10H16N4O2S/c11-10-8-5-17(15,16)6-9(8)13-14(10)7-1-3-12-4-2-7/h7,12H,1-6,11H2. The number of rotatable bonds is 1. The molecule has 3 N–H and O–H groups in total. The van der Waals surface area contributed by atoms with Crippen LogP contribution in [0.2, 0.25) is 0 Å². The van der Waals surface area contributed by atoms with Crippen molar-refractivity contribution in [3.63, 3.8) is 0 Å². The molecule has 0 unspecified atom stereocenters. The van der Waals surface area contributed by atoms with Crippen molar-refractivity contribution < 1.29 is 8.42 Å². The van der Waals surface area contributed by atoms with E-state index in [4.69, 9.17) is 5.73 Å². The molecule has 0 aromatic carbocycles. The molecule has 0 spiro atoms. The van der Waals surface area contributed by atoms with Crippen LogP contribution in [-0.4, -0.2) is 31.3 Å². The normalized spacial score (nSPS) is 23.8. The van der Waals surface area contributed by atoms with Crippen molar-refractivity contribution in [3.8, 4) is 0 Å². The van der Waals surface area contributed by atoms with Crippen molar-refractivity contribution in [2.45, 2.75) is 30.4 Å². The molecule has 3 rings (SSSR count). The minimum atomic E-state index is -3.00. The molecule has 94 valence electrons. The van der Waals surface area contributed by atoms with E-state index in [0.29, 0.717) is 17.6 Å². The SMILES string of the molecule is Nc1c2c(nn1C1CCNCC1)CS(=O)(=O)C2. The van der Waals surface area contributed by atoms with Crippen LogP contribution in [0, 0.1) is 0 Å². The Morgan fingerprint density at radius 2 is 2.00 bits per heavy atom.